The molecule has 2 aliphatic carbocycles. The lowest BCUT2D eigenvalue weighted by Crippen LogP contribution is -2.55. The molecule has 3 heteroatoms. The Labute approximate surface area is 104 Å². The molecule has 2 N–H and O–H groups in total. The topological polar surface area (TPSA) is 49.3 Å². The van der Waals surface area contributed by atoms with E-state index in [0.29, 0.717) is 23.8 Å². The van der Waals surface area contributed by atoms with Crippen molar-refractivity contribution in [1.29, 1.82) is 0 Å². The first-order chi connectivity index (χ1) is 7.94. The second-order valence-electron chi connectivity index (χ2n) is 6.43. The molecule has 0 amide bonds. The van der Waals surface area contributed by atoms with Crippen LogP contribution in [0.3, 0.4) is 0 Å². The van der Waals surface area contributed by atoms with Crippen molar-refractivity contribution in [3.05, 3.63) is 0 Å². The second kappa shape index (κ2) is 4.60. The number of rotatable bonds is 4. The first kappa shape index (κ1) is 12.9. The summed E-state index contributed by atoms with van der Waals surface area (Å²) in [6.45, 7) is 6.68. The second-order valence-corrected chi connectivity index (χ2v) is 6.43. The zero-order valence-electron chi connectivity index (χ0n) is 11.2. The van der Waals surface area contributed by atoms with Crippen LogP contribution in [0.2, 0.25) is 0 Å². The Morgan fingerprint density at radius 1 is 1.35 bits per heavy atom. The number of aliphatic carboxylic acids is 1. The summed E-state index contributed by atoms with van der Waals surface area (Å²) < 4.78 is 0. The van der Waals surface area contributed by atoms with Crippen LogP contribution in [0.5, 0.6) is 0 Å². The van der Waals surface area contributed by atoms with Gasteiger partial charge in [0, 0.05) is 6.04 Å². The fourth-order valence-corrected chi connectivity index (χ4v) is 3.10. The zero-order valence-corrected chi connectivity index (χ0v) is 11.2. The molecule has 0 bridgehead atoms. The highest BCUT2D eigenvalue weighted by Gasteiger charge is 2.47. The Kier molecular flexibility index (Phi) is 3.48. The highest BCUT2D eigenvalue weighted by molar-refractivity contribution is 5.79. The van der Waals surface area contributed by atoms with E-state index < -0.39 is 11.5 Å². The maximum atomic E-state index is 11.6. The number of hydrogen-bond donors (Lipinski definition) is 2. The summed E-state index contributed by atoms with van der Waals surface area (Å²) in [5.74, 6) is 1.41. The monoisotopic (exact) mass is 239 g/mol. The highest BCUT2D eigenvalue weighted by atomic mass is 16.4. The predicted molar refractivity (Wildman–Crippen MR) is 67.9 cm³/mol. The molecule has 2 unspecified atom stereocenters. The molecule has 2 rings (SSSR count). The lowest BCUT2D eigenvalue weighted by molar-refractivity contribution is -0.147. The van der Waals surface area contributed by atoms with Gasteiger partial charge in [0.25, 0.3) is 0 Å². The standard InChI is InChI=1S/C14H25NO2/c1-9(2)11-4-6-14(7-5-11,13(16)17)15-12-8-10(12)3/h9-12,15H,4-8H2,1-3H3,(H,16,17). The van der Waals surface area contributed by atoms with Crippen LogP contribution in [0.1, 0.15) is 52.9 Å². The van der Waals surface area contributed by atoms with Crippen molar-refractivity contribution >= 4 is 5.97 Å². The van der Waals surface area contributed by atoms with Gasteiger partial charge in [-0.1, -0.05) is 20.8 Å². The number of carboxylic acid groups (broad SMARTS) is 1. The van der Waals surface area contributed by atoms with E-state index in [1.54, 1.807) is 0 Å². The summed E-state index contributed by atoms with van der Waals surface area (Å²) in [4.78, 5) is 11.6. The number of carbonyl (C=O) groups is 1. The Balaban J connectivity index is 1.97. The lowest BCUT2D eigenvalue weighted by atomic mass is 9.72. The van der Waals surface area contributed by atoms with Gasteiger partial charge in [-0.05, 0) is 49.9 Å². The summed E-state index contributed by atoms with van der Waals surface area (Å²) in [5.41, 5.74) is -0.624. The summed E-state index contributed by atoms with van der Waals surface area (Å²) in [6.07, 6.45) is 4.85. The summed E-state index contributed by atoms with van der Waals surface area (Å²) in [7, 11) is 0. The van der Waals surface area contributed by atoms with Gasteiger partial charge in [-0.3, -0.25) is 10.1 Å². The first-order valence-corrected chi connectivity index (χ1v) is 6.96. The van der Waals surface area contributed by atoms with Crippen LogP contribution < -0.4 is 5.32 Å². The largest absolute Gasteiger partial charge is 0.480 e. The number of carboxylic acids is 1. The number of nitrogens with one attached hydrogen (secondary N) is 1. The van der Waals surface area contributed by atoms with Crippen molar-refractivity contribution in [2.45, 2.75) is 64.5 Å². The molecule has 0 radical (unpaired) electrons. The van der Waals surface area contributed by atoms with E-state index in [-0.39, 0.29) is 0 Å². The number of hydrogen-bond acceptors (Lipinski definition) is 2. The molecule has 0 saturated heterocycles. The first-order valence-electron chi connectivity index (χ1n) is 6.96. The van der Waals surface area contributed by atoms with E-state index in [9.17, 15) is 9.90 Å². The molecule has 98 valence electrons. The molecule has 0 aliphatic heterocycles. The molecule has 3 nitrogen and oxygen atoms in total. The quantitative estimate of drug-likeness (QED) is 0.793. The fourth-order valence-electron chi connectivity index (χ4n) is 3.10. The molecule has 0 aromatic carbocycles. The van der Waals surface area contributed by atoms with Gasteiger partial charge in [0.2, 0.25) is 0 Å². The van der Waals surface area contributed by atoms with Crippen LogP contribution >= 0.6 is 0 Å². The van der Waals surface area contributed by atoms with Crippen molar-refractivity contribution in [3.63, 3.8) is 0 Å². The molecule has 2 atom stereocenters. The van der Waals surface area contributed by atoms with Crippen LogP contribution in [0.25, 0.3) is 0 Å². The molecular weight excluding hydrogens is 214 g/mol. The van der Waals surface area contributed by atoms with Crippen molar-refractivity contribution in [1.82, 2.24) is 5.32 Å². The minimum Gasteiger partial charge on any atom is -0.480 e. The van der Waals surface area contributed by atoms with E-state index >= 15 is 0 Å². The molecule has 0 aromatic rings. The van der Waals surface area contributed by atoms with E-state index in [2.05, 4.69) is 26.1 Å². The average Bonchev–Trinajstić information content (AvgIpc) is 2.94. The van der Waals surface area contributed by atoms with Crippen molar-refractivity contribution in [2.24, 2.45) is 17.8 Å². The van der Waals surface area contributed by atoms with E-state index in [1.807, 2.05) is 0 Å². The minimum absolute atomic E-state index is 0.446. The Morgan fingerprint density at radius 2 is 1.88 bits per heavy atom. The van der Waals surface area contributed by atoms with Gasteiger partial charge in [0.05, 0.1) is 0 Å². The fraction of sp³-hybridized carbons (Fsp3) is 0.929. The normalized spacial score (nSPS) is 41.5. The van der Waals surface area contributed by atoms with Gasteiger partial charge in [-0.25, -0.2) is 0 Å². The molecule has 0 heterocycles. The molecule has 0 aromatic heterocycles. The summed E-state index contributed by atoms with van der Waals surface area (Å²) in [5, 5.41) is 12.9. The Bertz CT molecular complexity index is 293. The molecule has 0 spiro atoms. The molecule has 17 heavy (non-hydrogen) atoms. The van der Waals surface area contributed by atoms with Crippen LogP contribution in [0.4, 0.5) is 0 Å². The van der Waals surface area contributed by atoms with E-state index in [1.165, 1.54) is 0 Å². The average molecular weight is 239 g/mol. The Hall–Kier alpha value is -0.570. The summed E-state index contributed by atoms with van der Waals surface area (Å²) >= 11 is 0. The van der Waals surface area contributed by atoms with Gasteiger partial charge in [-0.2, -0.15) is 0 Å². The molecular formula is C14H25NO2. The minimum atomic E-state index is -0.640. The SMILES string of the molecule is CC(C)C1CCC(NC2CC2C)(C(=O)O)CC1. The van der Waals surface area contributed by atoms with Crippen molar-refractivity contribution in [2.75, 3.05) is 0 Å². The van der Waals surface area contributed by atoms with Gasteiger partial charge in [0.15, 0.2) is 0 Å². The van der Waals surface area contributed by atoms with Gasteiger partial charge >= 0.3 is 5.97 Å². The van der Waals surface area contributed by atoms with E-state index in [4.69, 9.17) is 0 Å². The smallest absolute Gasteiger partial charge is 0.323 e. The van der Waals surface area contributed by atoms with Crippen LogP contribution in [-0.4, -0.2) is 22.7 Å². The van der Waals surface area contributed by atoms with Crippen molar-refractivity contribution in [3.8, 4) is 0 Å². The third-order valence-corrected chi connectivity index (χ3v) is 4.81. The molecule has 2 fully saturated rings. The van der Waals surface area contributed by atoms with Crippen LogP contribution in [0, 0.1) is 17.8 Å². The molecule has 2 aliphatic rings. The van der Waals surface area contributed by atoms with Gasteiger partial charge in [-0.15, -0.1) is 0 Å². The molecule has 2 saturated carbocycles. The highest BCUT2D eigenvalue weighted by Crippen LogP contribution is 2.39. The lowest BCUT2D eigenvalue weighted by Gasteiger charge is -2.39. The van der Waals surface area contributed by atoms with Crippen molar-refractivity contribution < 1.29 is 9.90 Å². The predicted octanol–water partition coefficient (Wildman–Crippen LogP) is 2.65. The van der Waals surface area contributed by atoms with E-state index in [0.717, 1.165) is 32.1 Å². The van der Waals surface area contributed by atoms with Crippen LogP contribution in [-0.2, 0) is 4.79 Å². The zero-order chi connectivity index (χ0) is 12.6. The van der Waals surface area contributed by atoms with Gasteiger partial charge in [0.1, 0.15) is 5.54 Å². The Morgan fingerprint density at radius 3 is 2.24 bits per heavy atom. The van der Waals surface area contributed by atoms with Crippen LogP contribution in [0.15, 0.2) is 0 Å². The maximum Gasteiger partial charge on any atom is 0.323 e. The van der Waals surface area contributed by atoms with Gasteiger partial charge < -0.3 is 5.11 Å². The third-order valence-electron chi connectivity index (χ3n) is 4.81. The maximum absolute atomic E-state index is 11.6. The third kappa shape index (κ3) is 2.65. The summed E-state index contributed by atoms with van der Waals surface area (Å²) in [6, 6.07) is 0.446.